The van der Waals surface area contributed by atoms with Gasteiger partial charge in [0.1, 0.15) is 0 Å². The van der Waals surface area contributed by atoms with Crippen molar-refractivity contribution in [3.05, 3.63) is 12.2 Å². The van der Waals surface area contributed by atoms with E-state index in [1.165, 1.54) is 302 Å². The van der Waals surface area contributed by atoms with Gasteiger partial charge in [0.15, 0.2) is 0 Å². The quantitative estimate of drug-likeness (QED) is 0.0320. The zero-order chi connectivity index (χ0) is 52.2. The van der Waals surface area contributed by atoms with Crippen LogP contribution < -0.4 is 5.32 Å². The van der Waals surface area contributed by atoms with E-state index in [0.29, 0.717) is 25.9 Å². The van der Waals surface area contributed by atoms with Gasteiger partial charge in [-0.3, -0.25) is 9.59 Å². The summed E-state index contributed by atoms with van der Waals surface area (Å²) in [6, 6.07) is -0.548. The van der Waals surface area contributed by atoms with E-state index in [1.54, 1.807) is 0 Å². The van der Waals surface area contributed by atoms with E-state index in [1.807, 2.05) is 0 Å². The summed E-state index contributed by atoms with van der Waals surface area (Å²) in [5, 5.41) is 23.3. The minimum absolute atomic E-state index is 0.0112. The second-order valence-electron chi connectivity index (χ2n) is 22.8. The van der Waals surface area contributed by atoms with Crippen LogP contribution >= 0.6 is 0 Å². The summed E-state index contributed by atoms with van der Waals surface area (Å²) >= 11 is 0. The van der Waals surface area contributed by atoms with Crippen LogP contribution in [0.1, 0.15) is 373 Å². The SMILES string of the molecule is CCCCCCCCCCCCCCCCCCCCC(O)C(CO)NC(=O)CCCCCCCCC/C=C\CCCCCCCCCCCOC(=O)CCCCCCCCCCCCCCCCCCC. The van der Waals surface area contributed by atoms with Crippen molar-refractivity contribution in [1.29, 1.82) is 0 Å². The first-order chi connectivity index (χ1) is 35.5. The highest BCUT2D eigenvalue weighted by molar-refractivity contribution is 5.76. The number of carbonyl (C=O) groups is 2. The van der Waals surface area contributed by atoms with Gasteiger partial charge in [0, 0.05) is 12.8 Å². The molecule has 0 heterocycles. The molecule has 2 atom stereocenters. The minimum Gasteiger partial charge on any atom is -0.466 e. The number of unbranched alkanes of at least 4 members (excludes halogenated alkanes) is 49. The number of esters is 1. The molecular weight excluding hydrogens is 887 g/mol. The molecule has 0 aromatic carbocycles. The normalized spacial score (nSPS) is 12.6. The summed E-state index contributed by atoms with van der Waals surface area (Å²) < 4.78 is 5.50. The largest absolute Gasteiger partial charge is 0.466 e. The number of amides is 1. The van der Waals surface area contributed by atoms with Gasteiger partial charge in [0.2, 0.25) is 5.91 Å². The topological polar surface area (TPSA) is 95.9 Å². The zero-order valence-electron chi connectivity index (χ0n) is 48.9. The van der Waals surface area contributed by atoms with Crippen molar-refractivity contribution in [2.24, 2.45) is 0 Å². The molecule has 3 N–H and O–H groups in total. The number of hydrogen-bond acceptors (Lipinski definition) is 5. The van der Waals surface area contributed by atoms with Crippen molar-refractivity contribution in [3.8, 4) is 0 Å². The number of hydrogen-bond donors (Lipinski definition) is 3. The van der Waals surface area contributed by atoms with Crippen molar-refractivity contribution in [1.82, 2.24) is 5.32 Å². The fourth-order valence-electron chi connectivity index (χ4n) is 10.5. The summed E-state index contributed by atoms with van der Waals surface area (Å²) in [6.45, 7) is 4.98. The van der Waals surface area contributed by atoms with Gasteiger partial charge in [-0.25, -0.2) is 0 Å². The van der Waals surface area contributed by atoms with E-state index in [9.17, 15) is 19.8 Å². The van der Waals surface area contributed by atoms with E-state index in [2.05, 4.69) is 31.3 Å². The lowest BCUT2D eigenvalue weighted by Crippen LogP contribution is -2.45. The number of aliphatic hydroxyl groups excluding tert-OH is 2. The van der Waals surface area contributed by atoms with E-state index in [-0.39, 0.29) is 18.5 Å². The molecular formula is C66H129NO5. The summed E-state index contributed by atoms with van der Waals surface area (Å²) in [4.78, 5) is 24.6. The Morgan fingerprint density at radius 3 is 0.986 bits per heavy atom. The Hall–Kier alpha value is -1.40. The van der Waals surface area contributed by atoms with Gasteiger partial charge in [-0.2, -0.15) is 0 Å². The molecule has 6 nitrogen and oxygen atoms in total. The Morgan fingerprint density at radius 2 is 0.653 bits per heavy atom. The van der Waals surface area contributed by atoms with Gasteiger partial charge in [0.05, 0.1) is 25.4 Å². The van der Waals surface area contributed by atoms with E-state index in [4.69, 9.17) is 4.74 Å². The number of aliphatic hydroxyl groups is 2. The molecule has 0 saturated heterocycles. The van der Waals surface area contributed by atoms with Crippen LogP contribution in [0, 0.1) is 0 Å². The van der Waals surface area contributed by atoms with Crippen LogP contribution in [0.2, 0.25) is 0 Å². The van der Waals surface area contributed by atoms with Crippen LogP contribution in [0.25, 0.3) is 0 Å². The molecule has 0 aliphatic carbocycles. The Kier molecular flexibility index (Phi) is 60.9. The zero-order valence-corrected chi connectivity index (χ0v) is 48.9. The molecule has 0 saturated carbocycles. The maximum absolute atomic E-state index is 12.5. The van der Waals surface area contributed by atoms with Crippen LogP contribution in [0.3, 0.4) is 0 Å². The molecule has 0 bridgehead atoms. The number of nitrogens with one attached hydrogen (secondary N) is 1. The number of carbonyl (C=O) groups excluding carboxylic acids is 2. The van der Waals surface area contributed by atoms with Crippen LogP contribution in [0.4, 0.5) is 0 Å². The molecule has 1 amide bonds. The predicted molar refractivity (Wildman–Crippen MR) is 315 cm³/mol. The van der Waals surface area contributed by atoms with Crippen LogP contribution in [0.5, 0.6) is 0 Å². The smallest absolute Gasteiger partial charge is 0.305 e. The van der Waals surface area contributed by atoms with Crippen molar-refractivity contribution < 1.29 is 24.5 Å². The van der Waals surface area contributed by atoms with E-state index < -0.39 is 12.1 Å². The first-order valence-electron chi connectivity index (χ1n) is 32.9. The fraction of sp³-hybridized carbons (Fsp3) is 0.939. The Morgan fingerprint density at radius 1 is 0.375 bits per heavy atom. The first kappa shape index (κ1) is 70.6. The number of ether oxygens (including phenoxy) is 1. The van der Waals surface area contributed by atoms with Crippen molar-refractivity contribution in [3.63, 3.8) is 0 Å². The van der Waals surface area contributed by atoms with Gasteiger partial charge in [0.25, 0.3) is 0 Å². The molecule has 0 aromatic heterocycles. The van der Waals surface area contributed by atoms with Crippen molar-refractivity contribution in [2.45, 2.75) is 386 Å². The highest BCUT2D eigenvalue weighted by Crippen LogP contribution is 2.18. The molecule has 0 aromatic rings. The maximum atomic E-state index is 12.5. The van der Waals surface area contributed by atoms with E-state index in [0.717, 1.165) is 38.5 Å². The Balaban J connectivity index is 3.41. The molecule has 428 valence electrons. The highest BCUT2D eigenvalue weighted by atomic mass is 16.5. The number of allylic oxidation sites excluding steroid dienone is 2. The second-order valence-corrected chi connectivity index (χ2v) is 22.8. The van der Waals surface area contributed by atoms with Gasteiger partial charge < -0.3 is 20.3 Å². The van der Waals surface area contributed by atoms with Crippen LogP contribution in [-0.2, 0) is 14.3 Å². The molecule has 0 aliphatic heterocycles. The average Bonchev–Trinajstić information content (AvgIpc) is 3.38. The third-order valence-corrected chi connectivity index (χ3v) is 15.6. The highest BCUT2D eigenvalue weighted by Gasteiger charge is 2.20. The lowest BCUT2D eigenvalue weighted by atomic mass is 10.0. The molecule has 6 heteroatoms. The lowest BCUT2D eigenvalue weighted by molar-refractivity contribution is -0.143. The number of rotatable bonds is 62. The van der Waals surface area contributed by atoms with Crippen LogP contribution in [-0.4, -0.2) is 47.4 Å². The Bertz CT molecular complexity index is 1080. The second kappa shape index (κ2) is 62.1. The maximum Gasteiger partial charge on any atom is 0.305 e. The third kappa shape index (κ3) is 57.9. The standard InChI is InChI=1S/C66H129NO5/c1-3-5-7-9-11-13-15-17-19-21-27-30-34-38-42-46-50-54-58-64(69)63(62-68)67-65(70)59-55-51-47-43-39-35-31-28-24-22-23-25-29-33-37-41-45-49-53-57-61-72-66(71)60-56-52-48-44-40-36-32-26-20-18-16-14-12-10-8-6-4-2/h22,24,63-64,68-69H,3-21,23,25-62H2,1-2H3,(H,67,70)/b24-22-. The minimum atomic E-state index is -0.670. The van der Waals surface area contributed by atoms with Gasteiger partial charge >= 0.3 is 5.97 Å². The monoisotopic (exact) mass is 1020 g/mol. The lowest BCUT2D eigenvalue weighted by Gasteiger charge is -2.22. The van der Waals surface area contributed by atoms with Gasteiger partial charge in [-0.05, 0) is 51.4 Å². The summed E-state index contributed by atoms with van der Waals surface area (Å²) in [5.41, 5.74) is 0. The fourth-order valence-corrected chi connectivity index (χ4v) is 10.5. The Labute approximate surface area is 450 Å². The molecule has 0 spiro atoms. The average molecular weight is 1020 g/mol. The molecule has 0 aliphatic rings. The third-order valence-electron chi connectivity index (χ3n) is 15.6. The molecule has 2 unspecified atom stereocenters. The predicted octanol–water partition coefficient (Wildman–Crippen LogP) is 20.8. The molecule has 72 heavy (non-hydrogen) atoms. The van der Waals surface area contributed by atoms with Gasteiger partial charge in [-0.15, -0.1) is 0 Å². The summed E-state index contributed by atoms with van der Waals surface area (Å²) in [7, 11) is 0. The first-order valence-corrected chi connectivity index (χ1v) is 32.9. The van der Waals surface area contributed by atoms with Crippen LogP contribution in [0.15, 0.2) is 12.2 Å². The summed E-state index contributed by atoms with van der Waals surface area (Å²) in [5.74, 6) is -0.0287. The molecule has 0 fully saturated rings. The molecule has 0 rings (SSSR count). The van der Waals surface area contributed by atoms with Crippen molar-refractivity contribution >= 4 is 11.9 Å². The van der Waals surface area contributed by atoms with Gasteiger partial charge in [-0.1, -0.05) is 321 Å². The van der Waals surface area contributed by atoms with E-state index >= 15 is 0 Å². The van der Waals surface area contributed by atoms with Crippen molar-refractivity contribution in [2.75, 3.05) is 13.2 Å². The molecule has 0 radical (unpaired) electrons. The summed E-state index contributed by atoms with van der Waals surface area (Å²) in [6.07, 6.45) is 75.1.